The predicted octanol–water partition coefficient (Wildman–Crippen LogP) is 5.16. The second-order valence-corrected chi connectivity index (χ2v) is 8.74. The molecule has 0 unspecified atom stereocenters. The van der Waals surface area contributed by atoms with Crippen molar-refractivity contribution in [2.45, 2.75) is 104 Å². The van der Waals surface area contributed by atoms with E-state index >= 15 is 0 Å². The van der Waals surface area contributed by atoms with Gasteiger partial charge >= 0.3 is 0 Å². The Morgan fingerprint density at radius 1 is 0.905 bits per heavy atom. The molecule has 2 aliphatic carbocycles. The van der Waals surface area contributed by atoms with Crippen LogP contribution in [0.5, 0.6) is 0 Å². The summed E-state index contributed by atoms with van der Waals surface area (Å²) in [5.74, 6) is 1.28. The van der Waals surface area contributed by atoms with Gasteiger partial charge in [0.1, 0.15) is 0 Å². The zero-order valence-corrected chi connectivity index (χ0v) is 14.7. The van der Waals surface area contributed by atoms with Gasteiger partial charge in [-0.3, -0.25) is 4.79 Å². The van der Waals surface area contributed by atoms with Crippen LogP contribution in [0, 0.1) is 11.3 Å². The monoisotopic (exact) mass is 293 g/mol. The van der Waals surface area contributed by atoms with Crippen LogP contribution < -0.4 is 0 Å². The zero-order chi connectivity index (χ0) is 15.5. The molecule has 0 bridgehead atoms. The van der Waals surface area contributed by atoms with E-state index in [0.717, 1.165) is 5.92 Å². The van der Waals surface area contributed by atoms with Crippen molar-refractivity contribution in [2.75, 3.05) is 0 Å². The highest BCUT2D eigenvalue weighted by Crippen LogP contribution is 2.34. The third-order valence-electron chi connectivity index (χ3n) is 5.32. The quantitative estimate of drug-likeness (QED) is 0.703. The molecule has 0 aromatic heterocycles. The maximum atomic E-state index is 13.0. The standard InChI is InChI=1S/C19H35NO/c1-15-10-12-17(13-11-15)20(16-8-6-5-7-9-16)18(21)14-19(2,3)4/h15-17H,5-14H2,1-4H3. The largest absolute Gasteiger partial charge is 0.337 e. The average Bonchev–Trinajstić information content (AvgIpc) is 2.40. The van der Waals surface area contributed by atoms with Gasteiger partial charge in [0.05, 0.1) is 0 Å². The molecule has 0 saturated heterocycles. The first kappa shape index (κ1) is 16.8. The third kappa shape index (κ3) is 5.00. The van der Waals surface area contributed by atoms with Gasteiger partial charge in [0, 0.05) is 18.5 Å². The Morgan fingerprint density at radius 2 is 1.43 bits per heavy atom. The molecule has 0 spiro atoms. The van der Waals surface area contributed by atoms with Crippen LogP contribution in [0.1, 0.15) is 91.9 Å². The zero-order valence-electron chi connectivity index (χ0n) is 14.7. The Morgan fingerprint density at radius 3 is 1.95 bits per heavy atom. The minimum Gasteiger partial charge on any atom is -0.337 e. The van der Waals surface area contributed by atoms with Crippen LogP contribution in [0.4, 0.5) is 0 Å². The van der Waals surface area contributed by atoms with Crippen LogP contribution >= 0.6 is 0 Å². The van der Waals surface area contributed by atoms with E-state index in [1.165, 1.54) is 57.8 Å². The highest BCUT2D eigenvalue weighted by Gasteiger charge is 2.34. The smallest absolute Gasteiger partial charge is 0.223 e. The lowest BCUT2D eigenvalue weighted by atomic mass is 9.83. The number of hydrogen-bond acceptors (Lipinski definition) is 1. The van der Waals surface area contributed by atoms with Crippen molar-refractivity contribution < 1.29 is 4.79 Å². The Hall–Kier alpha value is -0.530. The first-order valence-electron chi connectivity index (χ1n) is 9.18. The van der Waals surface area contributed by atoms with E-state index in [-0.39, 0.29) is 5.41 Å². The van der Waals surface area contributed by atoms with Gasteiger partial charge < -0.3 is 4.90 Å². The molecule has 0 radical (unpaired) electrons. The Kier molecular flexibility index (Phi) is 5.73. The van der Waals surface area contributed by atoms with Crippen molar-refractivity contribution in [2.24, 2.45) is 11.3 Å². The second-order valence-electron chi connectivity index (χ2n) is 8.74. The molecule has 0 heterocycles. The normalized spacial score (nSPS) is 28.4. The molecular formula is C19H35NO. The summed E-state index contributed by atoms with van der Waals surface area (Å²) >= 11 is 0. The van der Waals surface area contributed by atoms with Gasteiger partial charge in [0.2, 0.25) is 5.91 Å². The highest BCUT2D eigenvalue weighted by molar-refractivity contribution is 5.77. The van der Waals surface area contributed by atoms with Crippen LogP contribution in [0.2, 0.25) is 0 Å². The molecule has 2 aliphatic rings. The van der Waals surface area contributed by atoms with E-state index in [1.807, 2.05) is 0 Å². The fourth-order valence-electron chi connectivity index (χ4n) is 4.13. The summed E-state index contributed by atoms with van der Waals surface area (Å²) in [6, 6.07) is 1.06. The minimum absolute atomic E-state index is 0.103. The van der Waals surface area contributed by atoms with E-state index in [1.54, 1.807) is 0 Å². The fourth-order valence-corrected chi connectivity index (χ4v) is 4.13. The van der Waals surface area contributed by atoms with Gasteiger partial charge in [0.15, 0.2) is 0 Å². The van der Waals surface area contributed by atoms with Crippen LogP contribution in [-0.2, 0) is 4.79 Å². The van der Waals surface area contributed by atoms with Gasteiger partial charge in [-0.05, 0) is 49.9 Å². The molecule has 21 heavy (non-hydrogen) atoms. The molecule has 0 atom stereocenters. The highest BCUT2D eigenvalue weighted by atomic mass is 16.2. The third-order valence-corrected chi connectivity index (χ3v) is 5.32. The lowest BCUT2D eigenvalue weighted by Gasteiger charge is -2.43. The first-order chi connectivity index (χ1) is 9.87. The van der Waals surface area contributed by atoms with E-state index in [9.17, 15) is 4.79 Å². The fraction of sp³-hybridized carbons (Fsp3) is 0.947. The summed E-state index contributed by atoms with van der Waals surface area (Å²) in [7, 11) is 0. The van der Waals surface area contributed by atoms with Crippen molar-refractivity contribution in [1.29, 1.82) is 0 Å². The SMILES string of the molecule is CC1CCC(N(C(=O)CC(C)(C)C)C2CCCCC2)CC1. The summed E-state index contributed by atoms with van der Waals surface area (Å²) in [6.45, 7) is 8.92. The van der Waals surface area contributed by atoms with Crippen molar-refractivity contribution in [1.82, 2.24) is 4.90 Å². The molecule has 2 fully saturated rings. The Balaban J connectivity index is 2.07. The van der Waals surface area contributed by atoms with Crippen molar-refractivity contribution in [3.8, 4) is 0 Å². The van der Waals surface area contributed by atoms with Crippen molar-refractivity contribution in [3.05, 3.63) is 0 Å². The Bertz CT molecular complexity index is 330. The van der Waals surface area contributed by atoms with E-state index in [4.69, 9.17) is 0 Å². The maximum Gasteiger partial charge on any atom is 0.223 e. The number of carbonyl (C=O) groups excluding carboxylic acids is 1. The molecule has 0 aliphatic heterocycles. The number of amides is 1. The lowest BCUT2D eigenvalue weighted by molar-refractivity contribution is -0.140. The van der Waals surface area contributed by atoms with Gasteiger partial charge in [-0.15, -0.1) is 0 Å². The molecule has 0 aromatic rings. The van der Waals surface area contributed by atoms with E-state index in [0.29, 0.717) is 24.4 Å². The van der Waals surface area contributed by atoms with E-state index in [2.05, 4.69) is 32.6 Å². The van der Waals surface area contributed by atoms with Crippen molar-refractivity contribution in [3.63, 3.8) is 0 Å². The van der Waals surface area contributed by atoms with Gasteiger partial charge in [0.25, 0.3) is 0 Å². The molecule has 122 valence electrons. The van der Waals surface area contributed by atoms with Gasteiger partial charge in [-0.2, -0.15) is 0 Å². The molecule has 2 saturated carbocycles. The van der Waals surface area contributed by atoms with Crippen LogP contribution in [-0.4, -0.2) is 22.9 Å². The number of carbonyl (C=O) groups is 1. The lowest BCUT2D eigenvalue weighted by Crippen LogP contribution is -2.50. The van der Waals surface area contributed by atoms with E-state index < -0.39 is 0 Å². The summed E-state index contributed by atoms with van der Waals surface area (Å²) in [5.41, 5.74) is 0.103. The molecular weight excluding hydrogens is 258 g/mol. The number of nitrogens with zero attached hydrogens (tertiary/aromatic N) is 1. The van der Waals surface area contributed by atoms with Gasteiger partial charge in [-0.1, -0.05) is 47.0 Å². The molecule has 0 aromatic carbocycles. The van der Waals surface area contributed by atoms with Crippen LogP contribution in [0.25, 0.3) is 0 Å². The summed E-state index contributed by atoms with van der Waals surface area (Å²) < 4.78 is 0. The number of rotatable bonds is 3. The summed E-state index contributed by atoms with van der Waals surface area (Å²) in [5, 5.41) is 0. The minimum atomic E-state index is 0.103. The molecule has 1 amide bonds. The molecule has 2 rings (SSSR count). The topological polar surface area (TPSA) is 20.3 Å². The second kappa shape index (κ2) is 7.15. The summed E-state index contributed by atoms with van der Waals surface area (Å²) in [4.78, 5) is 15.3. The van der Waals surface area contributed by atoms with Crippen LogP contribution in [0.3, 0.4) is 0 Å². The molecule has 2 nitrogen and oxygen atoms in total. The predicted molar refractivity (Wildman–Crippen MR) is 89.2 cm³/mol. The summed E-state index contributed by atoms with van der Waals surface area (Å²) in [6.07, 6.45) is 12.2. The van der Waals surface area contributed by atoms with Crippen LogP contribution in [0.15, 0.2) is 0 Å². The Labute approximate surface area is 131 Å². The maximum absolute atomic E-state index is 13.0. The van der Waals surface area contributed by atoms with Crippen molar-refractivity contribution >= 4 is 5.91 Å². The first-order valence-corrected chi connectivity index (χ1v) is 9.18. The van der Waals surface area contributed by atoms with Gasteiger partial charge in [-0.25, -0.2) is 0 Å². The average molecular weight is 293 g/mol. The molecule has 0 N–H and O–H groups in total. The number of hydrogen-bond donors (Lipinski definition) is 0. The molecule has 2 heteroatoms.